The van der Waals surface area contributed by atoms with Gasteiger partial charge in [0, 0.05) is 19.8 Å². The SMILES string of the molecule is COc1c(C(=O)N(C)C)sc(Br)c1N=C(C)C. The van der Waals surface area contributed by atoms with E-state index in [9.17, 15) is 4.79 Å². The normalized spacial score (nSPS) is 10.0. The van der Waals surface area contributed by atoms with Gasteiger partial charge >= 0.3 is 0 Å². The Kier molecular flexibility index (Phi) is 4.70. The number of carbonyl (C=O) groups is 1. The third-order valence-electron chi connectivity index (χ3n) is 1.94. The van der Waals surface area contributed by atoms with E-state index in [-0.39, 0.29) is 5.91 Å². The van der Waals surface area contributed by atoms with E-state index < -0.39 is 0 Å². The predicted octanol–water partition coefficient (Wildman–Crippen LogP) is 3.33. The van der Waals surface area contributed by atoms with Gasteiger partial charge in [0.15, 0.2) is 5.75 Å². The second kappa shape index (κ2) is 5.64. The molecule has 0 bridgehead atoms. The molecule has 94 valence electrons. The van der Waals surface area contributed by atoms with E-state index in [0.717, 1.165) is 9.50 Å². The number of methoxy groups -OCH3 is 1. The summed E-state index contributed by atoms with van der Waals surface area (Å²) in [6.07, 6.45) is 0. The van der Waals surface area contributed by atoms with Crippen LogP contribution in [0.5, 0.6) is 5.75 Å². The summed E-state index contributed by atoms with van der Waals surface area (Å²) in [4.78, 5) is 18.4. The molecule has 1 aromatic heterocycles. The fourth-order valence-electron chi connectivity index (χ4n) is 1.23. The first-order chi connectivity index (χ1) is 7.88. The maximum atomic E-state index is 12.0. The molecule has 0 spiro atoms. The molecule has 0 atom stereocenters. The van der Waals surface area contributed by atoms with E-state index in [4.69, 9.17) is 4.74 Å². The van der Waals surface area contributed by atoms with Gasteiger partial charge < -0.3 is 9.64 Å². The van der Waals surface area contributed by atoms with Crippen molar-refractivity contribution in [1.82, 2.24) is 4.90 Å². The molecular weight excluding hydrogens is 304 g/mol. The highest BCUT2D eigenvalue weighted by atomic mass is 79.9. The van der Waals surface area contributed by atoms with E-state index in [0.29, 0.717) is 16.3 Å². The highest BCUT2D eigenvalue weighted by molar-refractivity contribution is 9.11. The van der Waals surface area contributed by atoms with E-state index >= 15 is 0 Å². The van der Waals surface area contributed by atoms with Gasteiger partial charge in [-0.15, -0.1) is 11.3 Å². The lowest BCUT2D eigenvalue weighted by atomic mass is 10.3. The lowest BCUT2D eigenvalue weighted by Gasteiger charge is -2.09. The average molecular weight is 319 g/mol. The summed E-state index contributed by atoms with van der Waals surface area (Å²) in [7, 11) is 4.97. The predicted molar refractivity (Wildman–Crippen MR) is 75.0 cm³/mol. The molecule has 0 radical (unpaired) electrons. The van der Waals surface area contributed by atoms with Crippen molar-refractivity contribution in [3.8, 4) is 5.75 Å². The number of aliphatic imine (C=N–C) groups is 1. The molecule has 0 aliphatic carbocycles. The number of hydrogen-bond acceptors (Lipinski definition) is 4. The van der Waals surface area contributed by atoms with Gasteiger partial charge in [-0.1, -0.05) is 0 Å². The molecule has 17 heavy (non-hydrogen) atoms. The molecule has 0 fully saturated rings. The highest BCUT2D eigenvalue weighted by Crippen LogP contribution is 2.46. The van der Waals surface area contributed by atoms with Crippen molar-refractivity contribution in [2.24, 2.45) is 4.99 Å². The second-order valence-electron chi connectivity index (χ2n) is 3.85. The van der Waals surface area contributed by atoms with E-state index in [2.05, 4.69) is 20.9 Å². The molecule has 1 amide bonds. The van der Waals surface area contributed by atoms with Gasteiger partial charge in [-0.05, 0) is 29.8 Å². The molecule has 0 aliphatic heterocycles. The maximum Gasteiger partial charge on any atom is 0.267 e. The summed E-state index contributed by atoms with van der Waals surface area (Å²) in [6, 6.07) is 0. The van der Waals surface area contributed by atoms with Gasteiger partial charge in [0.25, 0.3) is 5.91 Å². The molecule has 0 unspecified atom stereocenters. The summed E-state index contributed by atoms with van der Waals surface area (Å²) in [5.74, 6) is 0.449. The molecule has 1 aromatic rings. The number of ether oxygens (including phenoxy) is 1. The molecule has 0 N–H and O–H groups in total. The average Bonchev–Trinajstić information content (AvgIpc) is 2.53. The van der Waals surface area contributed by atoms with Gasteiger partial charge in [-0.3, -0.25) is 9.79 Å². The molecular formula is C11H15BrN2O2S. The van der Waals surface area contributed by atoms with Crippen LogP contribution in [0.1, 0.15) is 23.5 Å². The van der Waals surface area contributed by atoms with Gasteiger partial charge in [0.1, 0.15) is 14.4 Å². The molecule has 0 saturated carbocycles. The summed E-state index contributed by atoms with van der Waals surface area (Å²) >= 11 is 4.75. The second-order valence-corrected chi connectivity index (χ2v) is 6.18. The summed E-state index contributed by atoms with van der Waals surface area (Å²) in [6.45, 7) is 3.80. The Morgan fingerprint density at radius 2 is 2.00 bits per heavy atom. The fraction of sp³-hybridized carbons (Fsp3) is 0.455. The lowest BCUT2D eigenvalue weighted by Crippen LogP contribution is -2.21. The highest BCUT2D eigenvalue weighted by Gasteiger charge is 2.23. The van der Waals surface area contributed by atoms with E-state index in [1.54, 1.807) is 21.2 Å². The number of hydrogen-bond donors (Lipinski definition) is 0. The number of thiophene rings is 1. The molecule has 1 heterocycles. The van der Waals surface area contributed by atoms with Crippen molar-refractivity contribution in [1.29, 1.82) is 0 Å². The lowest BCUT2D eigenvalue weighted by molar-refractivity contribution is 0.0829. The first kappa shape index (κ1) is 14.2. The Morgan fingerprint density at radius 1 is 1.41 bits per heavy atom. The third kappa shape index (κ3) is 3.07. The van der Waals surface area contributed by atoms with Crippen molar-refractivity contribution in [3.05, 3.63) is 8.66 Å². The van der Waals surface area contributed by atoms with Crippen LogP contribution in [0, 0.1) is 0 Å². The van der Waals surface area contributed by atoms with Gasteiger partial charge in [-0.2, -0.15) is 0 Å². The van der Waals surface area contributed by atoms with Gasteiger partial charge in [0.2, 0.25) is 0 Å². The number of rotatable bonds is 3. The van der Waals surface area contributed by atoms with Crippen LogP contribution in [0.25, 0.3) is 0 Å². The Bertz CT molecular complexity index is 462. The van der Waals surface area contributed by atoms with Crippen molar-refractivity contribution in [2.75, 3.05) is 21.2 Å². The number of nitrogens with zero attached hydrogens (tertiary/aromatic N) is 2. The van der Waals surface area contributed by atoms with Crippen molar-refractivity contribution >= 4 is 44.6 Å². The van der Waals surface area contributed by atoms with Crippen LogP contribution in [-0.4, -0.2) is 37.7 Å². The Hall–Kier alpha value is -0.880. The minimum atomic E-state index is -0.0808. The van der Waals surface area contributed by atoms with Crippen LogP contribution in [0.15, 0.2) is 8.78 Å². The van der Waals surface area contributed by atoms with Crippen LogP contribution < -0.4 is 4.74 Å². The van der Waals surface area contributed by atoms with Crippen molar-refractivity contribution in [2.45, 2.75) is 13.8 Å². The molecule has 6 heteroatoms. The van der Waals surface area contributed by atoms with Gasteiger partial charge in [0.05, 0.1) is 7.11 Å². The number of halogens is 1. The van der Waals surface area contributed by atoms with Crippen molar-refractivity contribution in [3.63, 3.8) is 0 Å². The van der Waals surface area contributed by atoms with E-state index in [1.165, 1.54) is 16.2 Å². The topological polar surface area (TPSA) is 41.9 Å². The molecule has 0 aromatic carbocycles. The molecule has 0 aliphatic rings. The quantitative estimate of drug-likeness (QED) is 0.802. The zero-order chi connectivity index (χ0) is 13.2. The minimum absolute atomic E-state index is 0.0808. The minimum Gasteiger partial charge on any atom is -0.493 e. The Morgan fingerprint density at radius 3 is 2.41 bits per heavy atom. The van der Waals surface area contributed by atoms with Crippen LogP contribution in [0.4, 0.5) is 5.69 Å². The molecule has 1 rings (SSSR count). The zero-order valence-corrected chi connectivity index (χ0v) is 12.9. The van der Waals surface area contributed by atoms with Crippen LogP contribution in [-0.2, 0) is 0 Å². The van der Waals surface area contributed by atoms with Crippen LogP contribution in [0.3, 0.4) is 0 Å². The Labute approximate surface area is 113 Å². The standard InChI is InChI=1S/C11H15BrN2O2S/c1-6(2)13-7-8(16-5)9(17-10(7)12)11(15)14(3)4/h1-5H3. The van der Waals surface area contributed by atoms with Crippen LogP contribution in [0.2, 0.25) is 0 Å². The first-order valence-corrected chi connectivity index (χ1v) is 6.59. The van der Waals surface area contributed by atoms with Crippen molar-refractivity contribution < 1.29 is 9.53 Å². The number of carbonyl (C=O) groups excluding carboxylic acids is 1. The molecule has 0 saturated heterocycles. The van der Waals surface area contributed by atoms with E-state index in [1.807, 2.05) is 13.8 Å². The first-order valence-electron chi connectivity index (χ1n) is 4.98. The zero-order valence-electron chi connectivity index (χ0n) is 10.5. The fourth-order valence-corrected chi connectivity index (χ4v) is 2.94. The Balaban J connectivity index is 3.36. The summed E-state index contributed by atoms with van der Waals surface area (Å²) in [5.41, 5.74) is 1.59. The number of amides is 1. The third-order valence-corrected chi connectivity index (χ3v) is 3.74. The van der Waals surface area contributed by atoms with Crippen LogP contribution >= 0.6 is 27.3 Å². The molecule has 4 nitrogen and oxygen atoms in total. The maximum absolute atomic E-state index is 12.0. The summed E-state index contributed by atoms with van der Waals surface area (Å²) < 4.78 is 6.10. The smallest absolute Gasteiger partial charge is 0.267 e. The van der Waals surface area contributed by atoms with Gasteiger partial charge in [-0.25, -0.2) is 0 Å². The largest absolute Gasteiger partial charge is 0.493 e. The summed E-state index contributed by atoms with van der Waals surface area (Å²) in [5, 5.41) is 0. The monoisotopic (exact) mass is 318 g/mol.